The van der Waals surface area contributed by atoms with E-state index in [0.717, 1.165) is 38.3 Å². The van der Waals surface area contributed by atoms with Crippen LogP contribution in [-0.2, 0) is 11.3 Å². The Balaban J connectivity index is 1.47. The smallest absolute Gasteiger partial charge is 0.320 e. The summed E-state index contributed by atoms with van der Waals surface area (Å²) in [5, 5.41) is 0.518. The van der Waals surface area contributed by atoms with Crippen molar-refractivity contribution in [1.29, 1.82) is 0 Å². The van der Waals surface area contributed by atoms with Crippen LogP contribution in [0.3, 0.4) is 0 Å². The molecule has 120 valence electrons. The topological polar surface area (TPSA) is 48.9 Å². The van der Waals surface area contributed by atoms with Gasteiger partial charge in [-0.3, -0.25) is 4.90 Å². The highest BCUT2D eigenvalue weighted by Gasteiger charge is 2.26. The van der Waals surface area contributed by atoms with Crippen LogP contribution in [0.15, 0.2) is 18.3 Å². The highest BCUT2D eigenvalue weighted by atomic mass is 35.5. The summed E-state index contributed by atoms with van der Waals surface area (Å²) in [6, 6.07) is 3.96. The Labute approximate surface area is 135 Å². The van der Waals surface area contributed by atoms with E-state index in [1.165, 1.54) is 0 Å². The zero-order valence-electron chi connectivity index (χ0n) is 12.6. The molecule has 0 bridgehead atoms. The molecule has 2 fully saturated rings. The zero-order chi connectivity index (χ0) is 15.4. The minimum Gasteiger partial charge on any atom is -0.378 e. The summed E-state index contributed by atoms with van der Waals surface area (Å²) >= 11 is 5.80. The number of piperazine rings is 1. The van der Waals surface area contributed by atoms with Crippen molar-refractivity contribution in [1.82, 2.24) is 19.7 Å². The number of pyridine rings is 1. The first-order valence-electron chi connectivity index (χ1n) is 7.67. The second-order valence-electron chi connectivity index (χ2n) is 5.63. The van der Waals surface area contributed by atoms with Crippen molar-refractivity contribution in [3.63, 3.8) is 0 Å². The number of halogens is 1. The van der Waals surface area contributed by atoms with E-state index >= 15 is 0 Å². The van der Waals surface area contributed by atoms with Crippen LogP contribution >= 0.6 is 11.6 Å². The number of hydrogen-bond donors (Lipinski definition) is 0. The first-order chi connectivity index (χ1) is 10.7. The van der Waals surface area contributed by atoms with Gasteiger partial charge in [-0.05, 0) is 11.6 Å². The quantitative estimate of drug-likeness (QED) is 0.770. The van der Waals surface area contributed by atoms with Crippen LogP contribution in [0.4, 0.5) is 4.79 Å². The Morgan fingerprint density at radius 1 is 1.09 bits per heavy atom. The van der Waals surface area contributed by atoms with Crippen LogP contribution in [0.2, 0.25) is 5.15 Å². The van der Waals surface area contributed by atoms with Gasteiger partial charge in [0.2, 0.25) is 0 Å². The van der Waals surface area contributed by atoms with Crippen molar-refractivity contribution in [3.8, 4) is 0 Å². The Morgan fingerprint density at radius 3 is 2.41 bits per heavy atom. The third-order valence-electron chi connectivity index (χ3n) is 4.12. The van der Waals surface area contributed by atoms with E-state index in [4.69, 9.17) is 16.3 Å². The Hall–Kier alpha value is -1.37. The standard InChI is InChI=1S/C15H21ClN4O2/c16-14-2-1-13(11-17-14)12-18-3-5-19(6-4-18)15(21)20-7-9-22-10-8-20/h1-2,11H,3-10,12H2. The maximum absolute atomic E-state index is 12.4. The minimum absolute atomic E-state index is 0.149. The van der Waals surface area contributed by atoms with E-state index in [-0.39, 0.29) is 6.03 Å². The van der Waals surface area contributed by atoms with Gasteiger partial charge in [0.05, 0.1) is 13.2 Å². The number of carbonyl (C=O) groups is 1. The van der Waals surface area contributed by atoms with Crippen LogP contribution in [0.25, 0.3) is 0 Å². The molecule has 2 saturated heterocycles. The van der Waals surface area contributed by atoms with E-state index < -0.39 is 0 Å². The molecule has 7 heteroatoms. The molecule has 2 aliphatic heterocycles. The summed E-state index contributed by atoms with van der Waals surface area (Å²) in [6.45, 7) is 6.88. The summed E-state index contributed by atoms with van der Waals surface area (Å²) in [4.78, 5) is 22.7. The van der Waals surface area contributed by atoms with Gasteiger partial charge < -0.3 is 14.5 Å². The highest BCUT2D eigenvalue weighted by Crippen LogP contribution is 2.12. The number of morpholine rings is 1. The van der Waals surface area contributed by atoms with Gasteiger partial charge in [-0.2, -0.15) is 0 Å². The molecule has 1 aromatic heterocycles. The number of carbonyl (C=O) groups excluding carboxylic acids is 1. The van der Waals surface area contributed by atoms with Gasteiger partial charge in [0.1, 0.15) is 5.15 Å². The van der Waals surface area contributed by atoms with Gasteiger partial charge in [0, 0.05) is 52.0 Å². The summed E-state index contributed by atoms with van der Waals surface area (Å²) in [6.07, 6.45) is 1.81. The number of nitrogens with zero attached hydrogens (tertiary/aromatic N) is 4. The molecule has 0 N–H and O–H groups in total. The molecule has 0 atom stereocenters. The van der Waals surface area contributed by atoms with Crippen LogP contribution < -0.4 is 0 Å². The molecule has 2 aliphatic rings. The molecular formula is C15H21ClN4O2. The fraction of sp³-hybridized carbons (Fsp3) is 0.600. The van der Waals surface area contributed by atoms with E-state index in [1.54, 1.807) is 0 Å². The first-order valence-corrected chi connectivity index (χ1v) is 8.04. The van der Waals surface area contributed by atoms with E-state index in [2.05, 4.69) is 9.88 Å². The van der Waals surface area contributed by atoms with Gasteiger partial charge in [0.25, 0.3) is 0 Å². The number of aromatic nitrogens is 1. The summed E-state index contributed by atoms with van der Waals surface area (Å²) in [5.41, 5.74) is 1.15. The molecule has 22 heavy (non-hydrogen) atoms. The molecule has 0 aliphatic carbocycles. The van der Waals surface area contributed by atoms with Gasteiger partial charge in [-0.1, -0.05) is 17.7 Å². The molecule has 0 aromatic carbocycles. The van der Waals surface area contributed by atoms with E-state index in [1.807, 2.05) is 28.1 Å². The van der Waals surface area contributed by atoms with Crippen molar-refractivity contribution in [3.05, 3.63) is 29.0 Å². The number of amides is 2. The lowest BCUT2D eigenvalue weighted by atomic mass is 10.2. The second kappa shape index (κ2) is 7.26. The lowest BCUT2D eigenvalue weighted by Crippen LogP contribution is -2.54. The summed E-state index contributed by atoms with van der Waals surface area (Å²) < 4.78 is 5.29. The molecule has 2 amide bonds. The largest absolute Gasteiger partial charge is 0.378 e. The first kappa shape index (κ1) is 15.5. The third kappa shape index (κ3) is 3.88. The fourth-order valence-corrected chi connectivity index (χ4v) is 2.92. The number of ether oxygens (including phenoxy) is 1. The van der Waals surface area contributed by atoms with E-state index in [9.17, 15) is 4.79 Å². The maximum Gasteiger partial charge on any atom is 0.320 e. The van der Waals surface area contributed by atoms with Crippen molar-refractivity contribution < 1.29 is 9.53 Å². The van der Waals surface area contributed by atoms with Gasteiger partial charge in [0.15, 0.2) is 0 Å². The molecule has 3 heterocycles. The number of rotatable bonds is 2. The lowest BCUT2D eigenvalue weighted by Gasteiger charge is -2.38. The molecular weight excluding hydrogens is 304 g/mol. The van der Waals surface area contributed by atoms with Crippen molar-refractivity contribution in [2.75, 3.05) is 52.5 Å². The van der Waals surface area contributed by atoms with Gasteiger partial charge >= 0.3 is 6.03 Å². The van der Waals surface area contributed by atoms with Crippen molar-refractivity contribution >= 4 is 17.6 Å². The van der Waals surface area contributed by atoms with E-state index in [0.29, 0.717) is 31.5 Å². The average molecular weight is 325 g/mol. The van der Waals surface area contributed by atoms with Crippen molar-refractivity contribution in [2.24, 2.45) is 0 Å². The molecule has 0 radical (unpaired) electrons. The number of hydrogen-bond acceptors (Lipinski definition) is 4. The lowest BCUT2D eigenvalue weighted by molar-refractivity contribution is 0.0373. The van der Waals surface area contributed by atoms with Gasteiger partial charge in [-0.25, -0.2) is 9.78 Å². The predicted molar refractivity (Wildman–Crippen MR) is 83.9 cm³/mol. The monoisotopic (exact) mass is 324 g/mol. The van der Waals surface area contributed by atoms with Crippen LogP contribution in [0.5, 0.6) is 0 Å². The summed E-state index contributed by atoms with van der Waals surface area (Å²) in [5.74, 6) is 0. The zero-order valence-corrected chi connectivity index (χ0v) is 13.3. The highest BCUT2D eigenvalue weighted by molar-refractivity contribution is 6.29. The Morgan fingerprint density at radius 2 is 1.77 bits per heavy atom. The molecule has 0 spiro atoms. The van der Waals surface area contributed by atoms with Gasteiger partial charge in [-0.15, -0.1) is 0 Å². The van der Waals surface area contributed by atoms with Crippen LogP contribution in [-0.4, -0.2) is 78.2 Å². The summed E-state index contributed by atoms with van der Waals surface area (Å²) in [7, 11) is 0. The average Bonchev–Trinajstić information content (AvgIpc) is 2.58. The van der Waals surface area contributed by atoms with Crippen LogP contribution in [0.1, 0.15) is 5.56 Å². The number of urea groups is 1. The van der Waals surface area contributed by atoms with Crippen molar-refractivity contribution in [2.45, 2.75) is 6.54 Å². The Kier molecular flexibility index (Phi) is 5.12. The SMILES string of the molecule is O=C(N1CCOCC1)N1CCN(Cc2ccc(Cl)nc2)CC1. The second-order valence-corrected chi connectivity index (χ2v) is 6.02. The molecule has 0 unspecified atom stereocenters. The van der Waals surface area contributed by atoms with Crippen LogP contribution in [0, 0.1) is 0 Å². The maximum atomic E-state index is 12.4. The molecule has 0 saturated carbocycles. The molecule has 6 nitrogen and oxygen atoms in total. The fourth-order valence-electron chi connectivity index (χ4n) is 2.81. The molecule has 3 rings (SSSR count). The predicted octanol–water partition coefficient (Wildman–Crippen LogP) is 1.30. The minimum atomic E-state index is 0.149. The molecule has 1 aromatic rings. The normalized spacial score (nSPS) is 20.2. The third-order valence-corrected chi connectivity index (χ3v) is 4.34. The Bertz CT molecular complexity index is 497.